The molecule has 0 spiro atoms. The van der Waals surface area contributed by atoms with Gasteiger partial charge in [0, 0.05) is 35.9 Å². The number of nitro benzene ring substituents is 1. The number of benzene rings is 2. The topological polar surface area (TPSA) is 59.9 Å². The summed E-state index contributed by atoms with van der Waals surface area (Å²) >= 11 is 0. The molecule has 0 saturated heterocycles. The highest BCUT2D eigenvalue weighted by Gasteiger charge is 2.47. The number of halogens is 1. The van der Waals surface area contributed by atoms with E-state index in [0.29, 0.717) is 5.69 Å². The number of rotatable bonds is 4. The molecule has 1 N–H and O–H groups in total. The minimum atomic E-state index is -0.402. The molecule has 0 amide bonds. The Bertz CT molecular complexity index is 1020. The number of nitrogens with one attached hydrogen (secondary N) is 1. The monoisotopic (exact) mass is 453 g/mol. The first-order valence-electron chi connectivity index (χ1n) is 9.63. The van der Waals surface area contributed by atoms with Crippen LogP contribution in [0.3, 0.4) is 0 Å². The molecule has 2 aromatic carbocycles. The van der Waals surface area contributed by atoms with Crippen molar-refractivity contribution in [2.75, 3.05) is 6.54 Å². The average molecular weight is 454 g/mol. The summed E-state index contributed by atoms with van der Waals surface area (Å²) in [5, 5.41) is 10.9. The van der Waals surface area contributed by atoms with Crippen LogP contribution in [0, 0.1) is 10.1 Å². The summed E-state index contributed by atoms with van der Waals surface area (Å²) in [6.45, 7) is 5.75. The van der Waals surface area contributed by atoms with Gasteiger partial charge in [-0.25, -0.2) is 0 Å². The molecule has 1 atom stereocenters. The first kappa shape index (κ1) is 21.1. The summed E-state index contributed by atoms with van der Waals surface area (Å²) in [6, 6.07) is 15.1. The molecule has 6 heteroatoms. The zero-order valence-electron chi connectivity index (χ0n) is 16.6. The zero-order valence-corrected chi connectivity index (χ0v) is 18.1. The van der Waals surface area contributed by atoms with Gasteiger partial charge in [-0.1, -0.05) is 30.3 Å². The van der Waals surface area contributed by atoms with Crippen molar-refractivity contribution in [3.05, 3.63) is 87.6 Å². The molecule has 29 heavy (non-hydrogen) atoms. The van der Waals surface area contributed by atoms with Crippen LogP contribution < -0.4 is 21.9 Å². The van der Waals surface area contributed by atoms with Crippen LogP contribution in [-0.2, 0) is 5.41 Å². The maximum Gasteiger partial charge on any atom is 0.271 e. The third kappa shape index (κ3) is 3.95. The number of nitro groups is 1. The van der Waals surface area contributed by atoms with Crippen molar-refractivity contribution in [3.63, 3.8) is 0 Å². The van der Waals surface area contributed by atoms with E-state index in [4.69, 9.17) is 0 Å². The van der Waals surface area contributed by atoms with Gasteiger partial charge in [0.2, 0.25) is 0 Å². The Hall–Kier alpha value is -2.57. The Kier molecular flexibility index (Phi) is 6.15. The van der Waals surface area contributed by atoms with Crippen molar-refractivity contribution in [1.82, 2.24) is 0 Å². The van der Waals surface area contributed by atoms with Crippen LogP contribution in [0.1, 0.15) is 32.3 Å². The summed E-state index contributed by atoms with van der Waals surface area (Å²) in [5.41, 5.74) is 6.30. The molecule has 0 bridgehead atoms. The quantitative estimate of drug-likeness (QED) is 0.432. The van der Waals surface area contributed by atoms with Gasteiger partial charge in [0.05, 0.1) is 22.6 Å². The van der Waals surface area contributed by atoms with Crippen molar-refractivity contribution < 1.29 is 26.8 Å². The van der Waals surface area contributed by atoms with Gasteiger partial charge in [0.1, 0.15) is 11.4 Å². The lowest BCUT2D eigenvalue weighted by Crippen LogP contribution is -3.05. The van der Waals surface area contributed by atoms with Crippen LogP contribution in [0.4, 0.5) is 17.1 Å². The Labute approximate surface area is 181 Å². The minimum Gasteiger partial charge on any atom is -1.00 e. The number of quaternary nitrogens is 1. The molecular formula is C23H24BrN3O2. The highest BCUT2D eigenvalue weighted by atomic mass is 79.9. The summed E-state index contributed by atoms with van der Waals surface area (Å²) in [4.78, 5) is 16.3. The van der Waals surface area contributed by atoms with Gasteiger partial charge in [-0.15, -0.1) is 0 Å². The summed E-state index contributed by atoms with van der Waals surface area (Å²) in [7, 11) is 0. The second kappa shape index (κ2) is 8.43. The van der Waals surface area contributed by atoms with E-state index in [1.807, 2.05) is 6.08 Å². The lowest BCUT2D eigenvalue weighted by molar-refractivity contribution is -0.792. The zero-order chi connectivity index (χ0) is 19.7. The molecule has 0 radical (unpaired) electrons. The third-order valence-corrected chi connectivity index (χ3v) is 5.69. The predicted molar refractivity (Wildman–Crippen MR) is 112 cm³/mol. The Morgan fingerprint density at radius 3 is 2.76 bits per heavy atom. The number of aliphatic imine (C=N–C) groups is 1. The number of nitrogens with zero attached hydrogens (tertiary/aromatic N) is 2. The molecule has 5 nitrogen and oxygen atoms in total. The van der Waals surface area contributed by atoms with E-state index in [9.17, 15) is 10.1 Å². The fourth-order valence-electron chi connectivity index (χ4n) is 4.52. The molecule has 150 valence electrons. The van der Waals surface area contributed by atoms with Crippen LogP contribution in [0.5, 0.6) is 0 Å². The standard InChI is InChI=1S/C23H23N3O2.BrH/c1-23(2)20-12-3-4-13-21(20)25-15-7-9-17(22(23)25)8-6-14-24-18-10-5-11-19(16-18)26(27)28;/h3-6,8,10-14,16H,7,9,15H2,1-2H3;1H/b8-6+,24-14?;. The molecule has 0 aliphatic carbocycles. The number of hydrogen-bond acceptors (Lipinski definition) is 3. The highest BCUT2D eigenvalue weighted by molar-refractivity contribution is 5.75. The van der Waals surface area contributed by atoms with E-state index in [1.54, 1.807) is 18.3 Å². The van der Waals surface area contributed by atoms with Crippen molar-refractivity contribution >= 4 is 23.3 Å². The van der Waals surface area contributed by atoms with Crippen LogP contribution >= 0.6 is 0 Å². The van der Waals surface area contributed by atoms with E-state index in [0.717, 1.165) is 19.4 Å². The molecule has 2 aromatic rings. The fourth-order valence-corrected chi connectivity index (χ4v) is 4.52. The van der Waals surface area contributed by atoms with Crippen molar-refractivity contribution in [2.24, 2.45) is 4.99 Å². The average Bonchev–Trinajstić information content (AvgIpc) is 2.94. The molecule has 0 fully saturated rings. The molecule has 0 aromatic heterocycles. The van der Waals surface area contributed by atoms with Gasteiger partial charge in [-0.05, 0) is 38.5 Å². The van der Waals surface area contributed by atoms with Crippen molar-refractivity contribution in [1.29, 1.82) is 0 Å². The van der Waals surface area contributed by atoms with Gasteiger partial charge >= 0.3 is 0 Å². The second-order valence-corrected chi connectivity index (χ2v) is 7.82. The lowest BCUT2D eigenvalue weighted by atomic mass is 9.80. The number of allylic oxidation sites excluding steroid dienone is 4. The second-order valence-electron chi connectivity index (χ2n) is 7.82. The Balaban J connectivity index is 0.00000240. The SMILES string of the molecule is CC1(C)C2=C(/C=C/C=Nc3cccc([N+](=O)[O-])c3)CCC[NH+]2c2ccccc21.[Br-]. The highest BCUT2D eigenvalue weighted by Crippen LogP contribution is 2.41. The van der Waals surface area contributed by atoms with Gasteiger partial charge in [-0.3, -0.25) is 20.0 Å². The fraction of sp³-hybridized carbons (Fsp3) is 0.261. The van der Waals surface area contributed by atoms with Gasteiger partial charge in [0.25, 0.3) is 5.69 Å². The summed E-state index contributed by atoms with van der Waals surface area (Å²) < 4.78 is 0. The Morgan fingerprint density at radius 2 is 1.97 bits per heavy atom. The third-order valence-electron chi connectivity index (χ3n) is 5.69. The summed E-state index contributed by atoms with van der Waals surface area (Å²) in [6.07, 6.45) is 8.05. The van der Waals surface area contributed by atoms with E-state index >= 15 is 0 Å². The van der Waals surface area contributed by atoms with Gasteiger partial charge < -0.3 is 17.0 Å². The molecule has 2 heterocycles. The van der Waals surface area contributed by atoms with Crippen molar-refractivity contribution in [3.8, 4) is 0 Å². The van der Waals surface area contributed by atoms with E-state index in [1.165, 1.54) is 39.6 Å². The maximum atomic E-state index is 10.9. The van der Waals surface area contributed by atoms with Crippen LogP contribution in [0.15, 0.2) is 76.9 Å². The predicted octanol–water partition coefficient (Wildman–Crippen LogP) is 1.41. The smallest absolute Gasteiger partial charge is 0.271 e. The normalized spacial score (nSPS) is 19.9. The van der Waals surface area contributed by atoms with Crippen LogP contribution in [0.25, 0.3) is 0 Å². The number of fused-ring (bicyclic) bond motifs is 3. The lowest BCUT2D eigenvalue weighted by Gasteiger charge is -2.27. The molecule has 2 aliphatic rings. The number of non-ortho nitro benzene ring substituents is 1. The first-order valence-corrected chi connectivity index (χ1v) is 9.63. The van der Waals surface area contributed by atoms with Crippen LogP contribution in [0.2, 0.25) is 0 Å². The molecule has 0 saturated carbocycles. The van der Waals surface area contributed by atoms with E-state index in [-0.39, 0.29) is 28.1 Å². The first-order chi connectivity index (χ1) is 13.5. The Morgan fingerprint density at radius 1 is 1.17 bits per heavy atom. The molecule has 4 rings (SSSR count). The summed E-state index contributed by atoms with van der Waals surface area (Å²) in [5.74, 6) is 0. The molecule has 1 unspecified atom stereocenters. The van der Waals surface area contributed by atoms with E-state index in [2.05, 4.69) is 49.2 Å². The number of hydrogen-bond donors (Lipinski definition) is 1. The van der Waals surface area contributed by atoms with Gasteiger partial charge in [-0.2, -0.15) is 0 Å². The van der Waals surface area contributed by atoms with Gasteiger partial charge in [0.15, 0.2) is 0 Å². The number of para-hydroxylation sites is 1. The molecular weight excluding hydrogens is 430 g/mol. The maximum absolute atomic E-state index is 10.9. The largest absolute Gasteiger partial charge is 1.00 e. The molecule has 2 aliphatic heterocycles. The van der Waals surface area contributed by atoms with Crippen LogP contribution in [-0.4, -0.2) is 17.7 Å². The van der Waals surface area contributed by atoms with Crippen molar-refractivity contribution in [2.45, 2.75) is 32.1 Å². The minimum absolute atomic E-state index is 0. The van der Waals surface area contributed by atoms with E-state index < -0.39 is 4.92 Å².